The molecule has 1 aromatic carbocycles. The Bertz CT molecular complexity index is 669. The van der Waals surface area contributed by atoms with Gasteiger partial charge in [-0.05, 0) is 42.3 Å². The van der Waals surface area contributed by atoms with Gasteiger partial charge in [-0.25, -0.2) is 0 Å². The fourth-order valence-corrected chi connectivity index (χ4v) is 2.58. The summed E-state index contributed by atoms with van der Waals surface area (Å²) in [7, 11) is 0. The van der Waals surface area contributed by atoms with Crippen molar-refractivity contribution in [2.24, 2.45) is 0 Å². The highest BCUT2D eigenvalue weighted by Gasteiger charge is 2.00. The molecule has 2 heterocycles. The summed E-state index contributed by atoms with van der Waals surface area (Å²) in [6, 6.07) is 10.1. The molecule has 4 heteroatoms. The van der Waals surface area contributed by atoms with Crippen LogP contribution in [0.15, 0.2) is 53.8 Å². The van der Waals surface area contributed by atoms with Crippen LogP contribution in [0.3, 0.4) is 0 Å². The van der Waals surface area contributed by atoms with Crippen LogP contribution >= 0.6 is 11.9 Å². The maximum atomic E-state index is 10.6. The molecule has 0 bridgehead atoms. The van der Waals surface area contributed by atoms with Crippen molar-refractivity contribution in [1.82, 2.24) is 8.96 Å². The second-order valence-electron chi connectivity index (χ2n) is 3.74. The Labute approximate surface area is 103 Å². The van der Waals surface area contributed by atoms with E-state index in [1.165, 1.54) is 5.39 Å². The lowest BCUT2D eigenvalue weighted by Gasteiger charge is -2.01. The van der Waals surface area contributed by atoms with Crippen LogP contribution in [-0.2, 0) is 0 Å². The highest BCUT2D eigenvalue weighted by atomic mass is 32.2. The Balaban J connectivity index is 1.90. The molecule has 0 fully saturated rings. The number of nitrogens with zero attached hydrogens (tertiary/aromatic N) is 1. The van der Waals surface area contributed by atoms with Gasteiger partial charge in [0, 0.05) is 40.0 Å². The number of rotatable bonds is 3. The molecule has 0 amide bonds. The summed E-state index contributed by atoms with van der Waals surface area (Å²) in [5, 5.41) is 1.19. The quantitative estimate of drug-likeness (QED) is 0.715. The van der Waals surface area contributed by atoms with Gasteiger partial charge in [0.05, 0.1) is 0 Å². The van der Waals surface area contributed by atoms with E-state index in [0.29, 0.717) is 5.56 Å². The minimum Gasteiger partial charge on any atom is -0.361 e. The number of aldehydes is 1. The molecule has 84 valence electrons. The van der Waals surface area contributed by atoms with Crippen molar-refractivity contribution < 1.29 is 4.79 Å². The molecule has 3 rings (SSSR count). The average molecular weight is 242 g/mol. The van der Waals surface area contributed by atoms with E-state index in [1.807, 2.05) is 28.6 Å². The van der Waals surface area contributed by atoms with E-state index in [-0.39, 0.29) is 0 Å². The van der Waals surface area contributed by atoms with Crippen molar-refractivity contribution in [3.05, 3.63) is 54.5 Å². The number of carbonyl (C=O) groups is 1. The molecular weight excluding hydrogens is 232 g/mol. The largest absolute Gasteiger partial charge is 0.361 e. The molecule has 0 aliphatic heterocycles. The third kappa shape index (κ3) is 1.99. The van der Waals surface area contributed by atoms with Gasteiger partial charge in [0.1, 0.15) is 0 Å². The van der Waals surface area contributed by atoms with Crippen LogP contribution in [-0.4, -0.2) is 15.2 Å². The molecule has 0 aliphatic rings. The maximum Gasteiger partial charge on any atom is 0.151 e. The van der Waals surface area contributed by atoms with Gasteiger partial charge in [0.15, 0.2) is 6.29 Å². The molecule has 0 aliphatic carbocycles. The third-order valence-corrected chi connectivity index (χ3v) is 3.46. The first kappa shape index (κ1) is 10.2. The monoisotopic (exact) mass is 242 g/mol. The Morgan fingerprint density at radius 2 is 2.18 bits per heavy atom. The minimum atomic E-state index is 0.695. The average Bonchev–Trinajstić information content (AvgIpc) is 2.96. The lowest BCUT2D eigenvalue weighted by molar-refractivity contribution is 0.112. The molecule has 0 unspecified atom stereocenters. The summed E-state index contributed by atoms with van der Waals surface area (Å²) < 4.78 is 1.93. The van der Waals surface area contributed by atoms with E-state index in [1.54, 1.807) is 18.0 Å². The number of aromatic nitrogens is 2. The predicted octanol–water partition coefficient (Wildman–Crippen LogP) is 3.34. The Kier molecular flexibility index (Phi) is 2.49. The van der Waals surface area contributed by atoms with E-state index < -0.39 is 0 Å². The predicted molar refractivity (Wildman–Crippen MR) is 69.4 cm³/mol. The number of nitrogens with one attached hydrogen (secondary N) is 1. The van der Waals surface area contributed by atoms with Crippen molar-refractivity contribution in [3.8, 4) is 0 Å². The van der Waals surface area contributed by atoms with Gasteiger partial charge in [-0.15, -0.1) is 0 Å². The first-order valence-corrected chi connectivity index (χ1v) is 6.01. The van der Waals surface area contributed by atoms with Crippen LogP contribution in [0.5, 0.6) is 0 Å². The van der Waals surface area contributed by atoms with Crippen LogP contribution in [0.1, 0.15) is 10.4 Å². The zero-order valence-electron chi connectivity index (χ0n) is 8.96. The number of hydrogen-bond donors (Lipinski definition) is 1. The van der Waals surface area contributed by atoms with E-state index in [9.17, 15) is 4.79 Å². The number of fused-ring (bicyclic) bond motifs is 1. The van der Waals surface area contributed by atoms with Gasteiger partial charge >= 0.3 is 0 Å². The normalized spacial score (nSPS) is 10.8. The van der Waals surface area contributed by atoms with E-state index in [2.05, 4.69) is 23.2 Å². The lowest BCUT2D eigenvalue weighted by Crippen LogP contribution is -1.81. The highest BCUT2D eigenvalue weighted by Crippen LogP contribution is 2.24. The minimum absolute atomic E-state index is 0.695. The first-order valence-electron chi connectivity index (χ1n) is 5.24. The molecule has 3 nitrogen and oxygen atoms in total. The number of hydrogen-bond acceptors (Lipinski definition) is 2. The molecule has 2 aromatic heterocycles. The molecule has 0 atom stereocenters. The number of benzene rings is 1. The Morgan fingerprint density at radius 1 is 1.24 bits per heavy atom. The van der Waals surface area contributed by atoms with E-state index >= 15 is 0 Å². The van der Waals surface area contributed by atoms with E-state index in [0.717, 1.165) is 16.7 Å². The summed E-state index contributed by atoms with van der Waals surface area (Å²) in [4.78, 5) is 14.9. The molecule has 1 N–H and O–H groups in total. The standard InChI is InChI=1S/C13H10N2OS/c16-9-10-4-6-15(8-10)17-12-1-2-13-11(7-12)3-5-14-13/h1-9,14H. The molecule has 0 radical (unpaired) electrons. The smallest absolute Gasteiger partial charge is 0.151 e. The summed E-state index contributed by atoms with van der Waals surface area (Å²) in [6.45, 7) is 0. The number of aromatic amines is 1. The van der Waals surface area contributed by atoms with Crippen molar-refractivity contribution in [3.63, 3.8) is 0 Å². The van der Waals surface area contributed by atoms with Crippen LogP contribution in [0.2, 0.25) is 0 Å². The van der Waals surface area contributed by atoms with Crippen LogP contribution in [0.4, 0.5) is 0 Å². The van der Waals surface area contributed by atoms with Gasteiger partial charge in [0.2, 0.25) is 0 Å². The van der Waals surface area contributed by atoms with Crippen LogP contribution < -0.4 is 0 Å². The van der Waals surface area contributed by atoms with Gasteiger partial charge in [-0.2, -0.15) is 0 Å². The van der Waals surface area contributed by atoms with Crippen LogP contribution in [0, 0.1) is 0 Å². The first-order chi connectivity index (χ1) is 8.35. The summed E-state index contributed by atoms with van der Waals surface area (Å²) in [5.74, 6) is 0. The van der Waals surface area contributed by atoms with Crippen LogP contribution in [0.25, 0.3) is 10.9 Å². The van der Waals surface area contributed by atoms with Gasteiger partial charge in [-0.1, -0.05) is 0 Å². The SMILES string of the molecule is O=Cc1ccn(Sc2ccc3[nH]ccc3c2)c1. The topological polar surface area (TPSA) is 37.8 Å². The third-order valence-electron chi connectivity index (χ3n) is 2.56. The molecular formula is C13H10N2OS. The molecule has 0 saturated carbocycles. The highest BCUT2D eigenvalue weighted by molar-refractivity contribution is 7.97. The van der Waals surface area contributed by atoms with Crippen molar-refractivity contribution >= 4 is 29.1 Å². The second kappa shape index (κ2) is 4.14. The fraction of sp³-hybridized carbons (Fsp3) is 0. The Hall–Kier alpha value is -1.94. The second-order valence-corrected chi connectivity index (χ2v) is 4.82. The summed E-state index contributed by atoms with van der Waals surface area (Å²) in [6.07, 6.45) is 6.49. The summed E-state index contributed by atoms with van der Waals surface area (Å²) in [5.41, 5.74) is 1.83. The zero-order valence-corrected chi connectivity index (χ0v) is 9.78. The molecule has 17 heavy (non-hydrogen) atoms. The van der Waals surface area contributed by atoms with Crippen molar-refractivity contribution in [1.29, 1.82) is 0 Å². The summed E-state index contributed by atoms with van der Waals surface area (Å²) >= 11 is 1.59. The van der Waals surface area contributed by atoms with Crippen molar-refractivity contribution in [2.45, 2.75) is 4.90 Å². The molecule has 0 spiro atoms. The number of H-pyrrole nitrogens is 1. The van der Waals surface area contributed by atoms with Gasteiger partial charge in [0.25, 0.3) is 0 Å². The van der Waals surface area contributed by atoms with Gasteiger partial charge in [-0.3, -0.25) is 8.77 Å². The molecule has 3 aromatic rings. The van der Waals surface area contributed by atoms with Crippen molar-refractivity contribution in [2.75, 3.05) is 0 Å². The molecule has 0 saturated heterocycles. The Morgan fingerprint density at radius 3 is 3.00 bits per heavy atom. The maximum absolute atomic E-state index is 10.6. The fourth-order valence-electron chi connectivity index (χ4n) is 1.73. The lowest BCUT2D eigenvalue weighted by atomic mass is 10.2. The zero-order chi connectivity index (χ0) is 11.7. The van der Waals surface area contributed by atoms with Gasteiger partial charge < -0.3 is 4.98 Å². The van der Waals surface area contributed by atoms with E-state index in [4.69, 9.17) is 0 Å². The number of carbonyl (C=O) groups excluding carboxylic acids is 1.